The molecule has 3 heterocycles. The molecule has 3 rings (SSSR count). The average molecular weight is 243 g/mol. The highest BCUT2D eigenvalue weighted by molar-refractivity contribution is 5.45. The molecule has 92 valence electrons. The summed E-state index contributed by atoms with van der Waals surface area (Å²) in [5.41, 5.74) is 7.08. The first-order valence-corrected chi connectivity index (χ1v) is 5.63. The Morgan fingerprint density at radius 2 is 2.22 bits per heavy atom. The van der Waals surface area contributed by atoms with E-state index in [1.165, 1.54) is 0 Å². The molecule has 3 aromatic heterocycles. The fraction of sp³-hybridized carbons (Fsp3) is 0.182. The lowest BCUT2D eigenvalue weighted by molar-refractivity contribution is 0.637. The van der Waals surface area contributed by atoms with Gasteiger partial charge in [0.15, 0.2) is 5.65 Å². The summed E-state index contributed by atoms with van der Waals surface area (Å²) >= 11 is 0. The number of nitrogen functional groups attached to an aromatic ring is 1. The monoisotopic (exact) mass is 243 g/mol. The zero-order valence-electron chi connectivity index (χ0n) is 9.69. The van der Waals surface area contributed by atoms with Crippen molar-refractivity contribution in [2.75, 3.05) is 17.6 Å². The number of fused-ring (bicyclic) bond motifs is 1. The second-order valence-corrected chi connectivity index (χ2v) is 3.91. The number of nitrogens with one attached hydrogen (secondary N) is 1. The third-order valence-electron chi connectivity index (χ3n) is 2.56. The molecule has 0 aliphatic heterocycles. The topological polar surface area (TPSA) is 86.1 Å². The van der Waals surface area contributed by atoms with E-state index in [1.807, 2.05) is 18.3 Å². The smallest absolute Gasteiger partial charge is 0.157 e. The molecule has 0 radical (unpaired) electrons. The van der Waals surface area contributed by atoms with Gasteiger partial charge in [0.25, 0.3) is 0 Å². The molecular weight excluding hydrogens is 230 g/mol. The summed E-state index contributed by atoms with van der Waals surface area (Å²) < 4.78 is 3.51. The Morgan fingerprint density at radius 3 is 3.06 bits per heavy atom. The molecule has 0 saturated heterocycles. The van der Waals surface area contributed by atoms with Crippen LogP contribution in [0.1, 0.15) is 0 Å². The first-order valence-electron chi connectivity index (χ1n) is 5.63. The predicted octanol–water partition coefficient (Wildman–Crippen LogP) is 0.620. The molecule has 3 aromatic rings. The predicted molar refractivity (Wildman–Crippen MR) is 68.1 cm³/mol. The minimum absolute atomic E-state index is 0.675. The lowest BCUT2D eigenvalue weighted by Gasteiger charge is -2.05. The lowest BCUT2D eigenvalue weighted by atomic mass is 10.5. The van der Waals surface area contributed by atoms with Crippen molar-refractivity contribution in [1.29, 1.82) is 0 Å². The first-order chi connectivity index (χ1) is 8.81. The maximum absolute atomic E-state index is 5.59. The molecule has 0 bridgehead atoms. The fourth-order valence-electron chi connectivity index (χ4n) is 1.71. The molecule has 0 amide bonds. The Bertz CT molecular complexity index is 654. The highest BCUT2D eigenvalue weighted by Gasteiger charge is 1.98. The summed E-state index contributed by atoms with van der Waals surface area (Å²) in [7, 11) is 0. The summed E-state index contributed by atoms with van der Waals surface area (Å²) in [4.78, 5) is 4.41. The van der Waals surface area contributed by atoms with Gasteiger partial charge in [-0.25, -0.2) is 9.50 Å². The van der Waals surface area contributed by atoms with Gasteiger partial charge in [0, 0.05) is 25.0 Å². The molecule has 0 saturated carbocycles. The van der Waals surface area contributed by atoms with Crippen LogP contribution in [0.2, 0.25) is 0 Å². The van der Waals surface area contributed by atoms with Crippen molar-refractivity contribution in [3.8, 4) is 0 Å². The normalized spacial score (nSPS) is 10.9. The minimum Gasteiger partial charge on any atom is -0.396 e. The number of rotatable bonds is 4. The summed E-state index contributed by atoms with van der Waals surface area (Å²) in [6.45, 7) is 1.47. The molecule has 7 nitrogen and oxygen atoms in total. The third kappa shape index (κ3) is 2.10. The van der Waals surface area contributed by atoms with Gasteiger partial charge in [-0.3, -0.25) is 4.68 Å². The Kier molecular flexibility index (Phi) is 2.56. The summed E-state index contributed by atoms with van der Waals surface area (Å²) in [5, 5.41) is 11.4. The number of nitrogens with zero attached hydrogens (tertiary/aromatic N) is 5. The molecule has 0 atom stereocenters. The number of hydrogen-bond acceptors (Lipinski definition) is 5. The molecule has 0 spiro atoms. The van der Waals surface area contributed by atoms with Gasteiger partial charge in [-0.1, -0.05) is 0 Å². The van der Waals surface area contributed by atoms with Gasteiger partial charge in [0.2, 0.25) is 0 Å². The van der Waals surface area contributed by atoms with Gasteiger partial charge >= 0.3 is 0 Å². The van der Waals surface area contributed by atoms with Crippen LogP contribution >= 0.6 is 0 Å². The second-order valence-electron chi connectivity index (χ2n) is 3.91. The number of anilines is 2. The van der Waals surface area contributed by atoms with E-state index in [0.717, 1.165) is 24.6 Å². The van der Waals surface area contributed by atoms with Crippen LogP contribution in [0, 0.1) is 0 Å². The van der Waals surface area contributed by atoms with Gasteiger partial charge in [0.05, 0.1) is 24.6 Å². The highest BCUT2D eigenvalue weighted by atomic mass is 15.3. The zero-order chi connectivity index (χ0) is 12.4. The molecule has 0 aliphatic carbocycles. The van der Waals surface area contributed by atoms with E-state index >= 15 is 0 Å². The van der Waals surface area contributed by atoms with Crippen LogP contribution < -0.4 is 11.1 Å². The second kappa shape index (κ2) is 4.36. The molecule has 0 fully saturated rings. The average Bonchev–Trinajstić information content (AvgIpc) is 2.97. The van der Waals surface area contributed by atoms with Crippen molar-refractivity contribution in [2.24, 2.45) is 0 Å². The summed E-state index contributed by atoms with van der Waals surface area (Å²) in [5.74, 6) is 0.822. The number of aromatic nitrogens is 5. The van der Waals surface area contributed by atoms with Gasteiger partial charge in [0.1, 0.15) is 5.82 Å². The van der Waals surface area contributed by atoms with Gasteiger partial charge in [-0.05, 0) is 6.07 Å². The summed E-state index contributed by atoms with van der Waals surface area (Å²) in [6.07, 6.45) is 7.03. The number of hydrogen-bond donors (Lipinski definition) is 2. The Morgan fingerprint density at radius 1 is 1.28 bits per heavy atom. The standard InChI is InChI=1S/C11H13N7/c12-9-7-15-17(8-9)6-4-13-10-2-5-18-11(16-10)1-3-14-18/h1-3,5,7-8H,4,6,12H2,(H,13,16). The number of nitrogens with two attached hydrogens (primary N) is 1. The molecular formula is C11H13N7. The van der Waals surface area contributed by atoms with E-state index in [2.05, 4.69) is 20.5 Å². The molecule has 7 heteroatoms. The van der Waals surface area contributed by atoms with Crippen molar-refractivity contribution in [1.82, 2.24) is 24.4 Å². The van der Waals surface area contributed by atoms with E-state index in [0.29, 0.717) is 5.69 Å². The van der Waals surface area contributed by atoms with Gasteiger partial charge in [-0.2, -0.15) is 10.2 Å². The van der Waals surface area contributed by atoms with Gasteiger partial charge < -0.3 is 11.1 Å². The quantitative estimate of drug-likeness (QED) is 0.701. The van der Waals surface area contributed by atoms with Crippen molar-refractivity contribution >= 4 is 17.2 Å². The highest BCUT2D eigenvalue weighted by Crippen LogP contribution is 2.05. The molecule has 0 aliphatic rings. The Labute approximate surface area is 103 Å². The minimum atomic E-state index is 0.675. The van der Waals surface area contributed by atoms with Crippen LogP contribution in [0.4, 0.5) is 11.5 Å². The lowest BCUT2D eigenvalue weighted by Crippen LogP contribution is -2.11. The SMILES string of the molecule is Nc1cnn(CCNc2ccn3nccc3n2)c1. The molecule has 0 unspecified atom stereocenters. The van der Waals surface area contributed by atoms with Crippen LogP contribution in [0.5, 0.6) is 0 Å². The maximum atomic E-state index is 5.59. The zero-order valence-corrected chi connectivity index (χ0v) is 9.69. The third-order valence-corrected chi connectivity index (χ3v) is 2.56. The van der Waals surface area contributed by atoms with E-state index in [4.69, 9.17) is 5.73 Å². The van der Waals surface area contributed by atoms with Crippen molar-refractivity contribution in [3.63, 3.8) is 0 Å². The van der Waals surface area contributed by atoms with Crippen LogP contribution in [-0.4, -0.2) is 30.9 Å². The largest absolute Gasteiger partial charge is 0.396 e. The maximum Gasteiger partial charge on any atom is 0.157 e. The van der Waals surface area contributed by atoms with Crippen LogP contribution in [0.15, 0.2) is 36.9 Å². The van der Waals surface area contributed by atoms with E-state index in [-0.39, 0.29) is 0 Å². The van der Waals surface area contributed by atoms with E-state index in [9.17, 15) is 0 Å². The van der Waals surface area contributed by atoms with Crippen LogP contribution in [0.25, 0.3) is 5.65 Å². The molecule has 3 N–H and O–H groups in total. The van der Waals surface area contributed by atoms with Crippen molar-refractivity contribution in [2.45, 2.75) is 6.54 Å². The van der Waals surface area contributed by atoms with Gasteiger partial charge in [-0.15, -0.1) is 0 Å². The van der Waals surface area contributed by atoms with E-state index < -0.39 is 0 Å². The van der Waals surface area contributed by atoms with Crippen LogP contribution in [0.3, 0.4) is 0 Å². The summed E-state index contributed by atoms with van der Waals surface area (Å²) in [6, 6.07) is 3.75. The van der Waals surface area contributed by atoms with Crippen molar-refractivity contribution < 1.29 is 0 Å². The first kappa shape index (κ1) is 10.6. The fourth-order valence-corrected chi connectivity index (χ4v) is 1.71. The Balaban J connectivity index is 1.62. The Hall–Kier alpha value is -2.57. The van der Waals surface area contributed by atoms with Crippen LogP contribution in [-0.2, 0) is 6.54 Å². The van der Waals surface area contributed by atoms with Crippen molar-refractivity contribution in [3.05, 3.63) is 36.9 Å². The molecule has 0 aromatic carbocycles. The molecule has 18 heavy (non-hydrogen) atoms. The van der Waals surface area contributed by atoms with E-state index in [1.54, 1.807) is 27.8 Å².